The fourth-order valence-electron chi connectivity index (χ4n) is 2.90. The minimum absolute atomic E-state index is 0.280. The first-order chi connectivity index (χ1) is 8.14. The molecule has 1 saturated heterocycles. The van der Waals surface area contributed by atoms with Crippen molar-refractivity contribution in [2.75, 3.05) is 6.54 Å². The monoisotopic (exact) mass is 233 g/mol. The fraction of sp³-hybridized carbons (Fsp3) is 0.600. The number of phenolic OH excluding ortho intramolecular Hbond substituents is 1. The highest BCUT2D eigenvalue weighted by atomic mass is 16.3. The number of para-hydroxylation sites is 1. The van der Waals surface area contributed by atoms with Gasteiger partial charge in [0.25, 0.3) is 0 Å². The molecule has 1 atom stereocenters. The average Bonchev–Trinajstić information content (AvgIpc) is 2.78. The van der Waals surface area contributed by atoms with E-state index >= 15 is 0 Å². The quantitative estimate of drug-likeness (QED) is 0.837. The van der Waals surface area contributed by atoms with Crippen molar-refractivity contribution >= 4 is 0 Å². The van der Waals surface area contributed by atoms with E-state index in [1.54, 1.807) is 6.07 Å². The Morgan fingerprint density at radius 3 is 2.71 bits per heavy atom. The van der Waals surface area contributed by atoms with Crippen LogP contribution in [0.15, 0.2) is 24.3 Å². The van der Waals surface area contributed by atoms with Gasteiger partial charge >= 0.3 is 0 Å². The number of aryl methyl sites for hydroxylation is 1. The van der Waals surface area contributed by atoms with Crippen molar-refractivity contribution in [3.8, 4) is 5.75 Å². The van der Waals surface area contributed by atoms with Gasteiger partial charge in [0, 0.05) is 5.54 Å². The van der Waals surface area contributed by atoms with E-state index in [4.69, 9.17) is 0 Å². The van der Waals surface area contributed by atoms with Crippen molar-refractivity contribution in [1.29, 1.82) is 0 Å². The van der Waals surface area contributed by atoms with Crippen molar-refractivity contribution in [1.82, 2.24) is 5.32 Å². The average molecular weight is 233 g/mol. The first-order valence-electron chi connectivity index (χ1n) is 6.66. The van der Waals surface area contributed by atoms with E-state index < -0.39 is 0 Å². The third-order valence-corrected chi connectivity index (χ3v) is 4.21. The van der Waals surface area contributed by atoms with Crippen molar-refractivity contribution in [2.45, 2.75) is 45.1 Å². The minimum Gasteiger partial charge on any atom is -0.508 e. The van der Waals surface area contributed by atoms with Crippen molar-refractivity contribution in [3.63, 3.8) is 0 Å². The Morgan fingerprint density at radius 2 is 2.12 bits per heavy atom. The lowest BCUT2D eigenvalue weighted by molar-refractivity contribution is 0.251. The van der Waals surface area contributed by atoms with Crippen LogP contribution in [-0.2, 0) is 6.42 Å². The maximum Gasteiger partial charge on any atom is 0.118 e. The highest BCUT2D eigenvalue weighted by Crippen LogP contribution is 2.33. The van der Waals surface area contributed by atoms with Crippen LogP contribution in [0.2, 0.25) is 0 Å². The molecule has 0 spiro atoms. The molecule has 1 aliphatic heterocycles. The Morgan fingerprint density at radius 1 is 1.35 bits per heavy atom. The predicted octanol–water partition coefficient (Wildman–Crippen LogP) is 3.10. The number of phenols is 1. The van der Waals surface area contributed by atoms with Crippen LogP contribution in [0.5, 0.6) is 5.75 Å². The van der Waals surface area contributed by atoms with E-state index in [9.17, 15) is 5.11 Å². The highest BCUT2D eigenvalue weighted by Gasteiger charge is 2.35. The summed E-state index contributed by atoms with van der Waals surface area (Å²) < 4.78 is 0. The van der Waals surface area contributed by atoms with Gasteiger partial charge in [0.2, 0.25) is 0 Å². The molecule has 1 fully saturated rings. The fourth-order valence-corrected chi connectivity index (χ4v) is 2.90. The van der Waals surface area contributed by atoms with Crippen LogP contribution >= 0.6 is 0 Å². The molecule has 0 aliphatic carbocycles. The lowest BCUT2D eigenvalue weighted by Gasteiger charge is -2.34. The number of nitrogens with one attached hydrogen (secondary N) is 1. The van der Waals surface area contributed by atoms with Crippen LogP contribution in [0.25, 0.3) is 0 Å². The van der Waals surface area contributed by atoms with Crippen LogP contribution in [-0.4, -0.2) is 17.2 Å². The summed E-state index contributed by atoms with van der Waals surface area (Å²) in [5.41, 5.74) is 1.35. The minimum atomic E-state index is 0.280. The Balaban J connectivity index is 2.03. The lowest BCUT2D eigenvalue weighted by atomic mass is 9.80. The standard InChI is InChI=1S/C15H23NO/c1-12(2)15(9-5-11-16-15)10-8-13-6-3-4-7-14(13)17/h3-4,6-7,12,16-17H,5,8-11H2,1-2H3. The first kappa shape index (κ1) is 12.4. The van der Waals surface area contributed by atoms with Gasteiger partial charge < -0.3 is 10.4 Å². The Kier molecular flexibility index (Phi) is 3.72. The maximum atomic E-state index is 9.79. The second-order valence-electron chi connectivity index (χ2n) is 5.47. The normalized spacial score (nSPS) is 24.4. The molecule has 1 aliphatic rings. The molecule has 0 radical (unpaired) electrons. The SMILES string of the molecule is CC(C)C1(CCc2ccccc2O)CCCN1. The van der Waals surface area contributed by atoms with Crippen molar-refractivity contribution in [2.24, 2.45) is 5.92 Å². The zero-order chi connectivity index (χ0) is 12.3. The van der Waals surface area contributed by atoms with E-state index in [1.807, 2.05) is 18.2 Å². The molecule has 2 nitrogen and oxygen atoms in total. The van der Waals surface area contributed by atoms with Gasteiger partial charge in [-0.2, -0.15) is 0 Å². The number of aromatic hydroxyl groups is 1. The van der Waals surface area contributed by atoms with Gasteiger partial charge in [-0.15, -0.1) is 0 Å². The van der Waals surface area contributed by atoms with E-state index in [2.05, 4.69) is 19.2 Å². The summed E-state index contributed by atoms with van der Waals surface area (Å²) in [6.07, 6.45) is 4.61. The third-order valence-electron chi connectivity index (χ3n) is 4.21. The van der Waals surface area contributed by atoms with Crippen LogP contribution in [0.1, 0.15) is 38.7 Å². The molecule has 0 saturated carbocycles. The van der Waals surface area contributed by atoms with E-state index in [0.29, 0.717) is 11.7 Å². The second-order valence-corrected chi connectivity index (χ2v) is 5.47. The molecule has 2 N–H and O–H groups in total. The Bertz CT molecular complexity index is 367. The molecule has 1 unspecified atom stereocenters. The molecule has 1 aromatic rings. The molecule has 94 valence electrons. The Hall–Kier alpha value is -1.02. The van der Waals surface area contributed by atoms with E-state index in [-0.39, 0.29) is 5.54 Å². The van der Waals surface area contributed by atoms with Gasteiger partial charge in [0.05, 0.1) is 0 Å². The topological polar surface area (TPSA) is 32.3 Å². The largest absolute Gasteiger partial charge is 0.508 e. The molecule has 1 aromatic carbocycles. The molecule has 0 aromatic heterocycles. The smallest absolute Gasteiger partial charge is 0.118 e. The van der Waals surface area contributed by atoms with Gasteiger partial charge in [-0.3, -0.25) is 0 Å². The number of benzene rings is 1. The zero-order valence-electron chi connectivity index (χ0n) is 10.9. The summed E-state index contributed by atoms with van der Waals surface area (Å²) in [6.45, 7) is 5.73. The molecule has 1 heterocycles. The second kappa shape index (κ2) is 5.09. The molecular formula is C15H23NO. The molecular weight excluding hydrogens is 210 g/mol. The highest BCUT2D eigenvalue weighted by molar-refractivity contribution is 5.32. The van der Waals surface area contributed by atoms with Crippen molar-refractivity contribution < 1.29 is 5.11 Å². The maximum absolute atomic E-state index is 9.79. The molecule has 2 heteroatoms. The first-order valence-corrected chi connectivity index (χ1v) is 6.66. The van der Waals surface area contributed by atoms with Gasteiger partial charge in [0.15, 0.2) is 0 Å². The van der Waals surface area contributed by atoms with Gasteiger partial charge in [-0.05, 0) is 49.8 Å². The Labute approximate surface area is 104 Å². The molecule has 2 rings (SSSR count). The summed E-state index contributed by atoms with van der Waals surface area (Å²) in [7, 11) is 0. The van der Waals surface area contributed by atoms with Crippen LogP contribution in [0, 0.1) is 5.92 Å². The number of hydrogen-bond donors (Lipinski definition) is 2. The molecule has 0 amide bonds. The van der Waals surface area contributed by atoms with Gasteiger partial charge in [-0.1, -0.05) is 32.0 Å². The summed E-state index contributed by atoms with van der Waals surface area (Å²) in [5, 5.41) is 13.5. The van der Waals surface area contributed by atoms with Gasteiger partial charge in [0.1, 0.15) is 5.75 Å². The zero-order valence-corrected chi connectivity index (χ0v) is 10.9. The molecule has 17 heavy (non-hydrogen) atoms. The number of rotatable bonds is 4. The summed E-state index contributed by atoms with van der Waals surface area (Å²) in [5.74, 6) is 1.08. The third kappa shape index (κ3) is 2.63. The summed E-state index contributed by atoms with van der Waals surface area (Å²) in [6, 6.07) is 7.68. The van der Waals surface area contributed by atoms with Crippen molar-refractivity contribution in [3.05, 3.63) is 29.8 Å². The summed E-state index contributed by atoms with van der Waals surface area (Å²) >= 11 is 0. The van der Waals surface area contributed by atoms with Crippen LogP contribution in [0.4, 0.5) is 0 Å². The molecule has 0 bridgehead atoms. The summed E-state index contributed by atoms with van der Waals surface area (Å²) in [4.78, 5) is 0. The van der Waals surface area contributed by atoms with Gasteiger partial charge in [-0.25, -0.2) is 0 Å². The lowest BCUT2D eigenvalue weighted by Crippen LogP contribution is -2.45. The van der Waals surface area contributed by atoms with E-state index in [1.165, 1.54) is 12.8 Å². The van der Waals surface area contributed by atoms with Crippen LogP contribution < -0.4 is 5.32 Å². The van der Waals surface area contributed by atoms with Crippen LogP contribution in [0.3, 0.4) is 0 Å². The predicted molar refractivity (Wildman–Crippen MR) is 71.2 cm³/mol. The number of hydrogen-bond acceptors (Lipinski definition) is 2. The van der Waals surface area contributed by atoms with E-state index in [0.717, 1.165) is 24.9 Å².